The SMILES string of the molecule is O=C(O)COc1ccc(CCNC(=O)CSCc2ccc(Cl)cc2)cc1. The Morgan fingerprint density at radius 1 is 1.04 bits per heavy atom. The molecule has 26 heavy (non-hydrogen) atoms. The van der Waals surface area contributed by atoms with Crippen molar-refractivity contribution in [2.75, 3.05) is 18.9 Å². The number of hydrogen-bond donors (Lipinski definition) is 2. The summed E-state index contributed by atoms with van der Waals surface area (Å²) in [5.41, 5.74) is 2.18. The van der Waals surface area contributed by atoms with E-state index in [0.717, 1.165) is 16.9 Å². The Hall–Kier alpha value is -2.18. The van der Waals surface area contributed by atoms with Gasteiger partial charge in [0.25, 0.3) is 0 Å². The summed E-state index contributed by atoms with van der Waals surface area (Å²) in [6.07, 6.45) is 0.701. The van der Waals surface area contributed by atoms with Gasteiger partial charge in [-0.1, -0.05) is 35.9 Å². The molecular formula is C19H20ClNO4S. The van der Waals surface area contributed by atoms with Crippen molar-refractivity contribution in [3.8, 4) is 5.75 Å². The molecule has 2 N–H and O–H groups in total. The van der Waals surface area contributed by atoms with Gasteiger partial charge in [-0.25, -0.2) is 4.79 Å². The fourth-order valence-corrected chi connectivity index (χ4v) is 3.08. The summed E-state index contributed by atoms with van der Waals surface area (Å²) in [6.45, 7) is 0.193. The molecule has 0 saturated carbocycles. The maximum atomic E-state index is 11.9. The average molecular weight is 394 g/mol. The van der Waals surface area contributed by atoms with E-state index >= 15 is 0 Å². The van der Waals surface area contributed by atoms with Crippen LogP contribution in [0.1, 0.15) is 11.1 Å². The van der Waals surface area contributed by atoms with Crippen LogP contribution in [0.15, 0.2) is 48.5 Å². The van der Waals surface area contributed by atoms with Gasteiger partial charge in [-0.3, -0.25) is 4.79 Å². The number of hydrogen-bond acceptors (Lipinski definition) is 4. The van der Waals surface area contributed by atoms with Crippen molar-refractivity contribution in [1.29, 1.82) is 0 Å². The van der Waals surface area contributed by atoms with Gasteiger partial charge in [-0.2, -0.15) is 0 Å². The van der Waals surface area contributed by atoms with Gasteiger partial charge >= 0.3 is 5.97 Å². The minimum absolute atomic E-state index is 0.00498. The second kappa shape index (κ2) is 10.7. The van der Waals surface area contributed by atoms with Crippen molar-refractivity contribution in [2.24, 2.45) is 0 Å². The number of aliphatic carboxylic acids is 1. The number of carbonyl (C=O) groups is 2. The second-order valence-corrected chi connectivity index (χ2v) is 6.97. The zero-order valence-electron chi connectivity index (χ0n) is 14.1. The first-order chi connectivity index (χ1) is 12.5. The van der Waals surface area contributed by atoms with Crippen molar-refractivity contribution in [2.45, 2.75) is 12.2 Å². The Morgan fingerprint density at radius 3 is 2.35 bits per heavy atom. The van der Waals surface area contributed by atoms with Crippen LogP contribution in [-0.4, -0.2) is 35.9 Å². The number of carbonyl (C=O) groups excluding carboxylic acids is 1. The fourth-order valence-electron chi connectivity index (χ4n) is 2.14. The Bertz CT molecular complexity index is 719. The summed E-state index contributed by atoms with van der Waals surface area (Å²) in [5.74, 6) is 0.683. The average Bonchev–Trinajstić information content (AvgIpc) is 2.63. The first kappa shape index (κ1) is 20.1. The van der Waals surface area contributed by atoms with E-state index in [4.69, 9.17) is 21.4 Å². The van der Waals surface area contributed by atoms with E-state index in [1.165, 1.54) is 0 Å². The van der Waals surface area contributed by atoms with Crippen molar-refractivity contribution in [1.82, 2.24) is 5.32 Å². The second-order valence-electron chi connectivity index (χ2n) is 5.55. The Balaban J connectivity index is 1.61. The van der Waals surface area contributed by atoms with E-state index in [1.807, 2.05) is 36.4 Å². The monoisotopic (exact) mass is 393 g/mol. The number of amides is 1. The molecule has 2 aromatic carbocycles. The van der Waals surface area contributed by atoms with Gasteiger partial charge in [-0.05, 0) is 41.8 Å². The largest absolute Gasteiger partial charge is 0.482 e. The van der Waals surface area contributed by atoms with Crippen LogP contribution in [0, 0.1) is 0 Å². The van der Waals surface area contributed by atoms with Crippen molar-refractivity contribution in [3.63, 3.8) is 0 Å². The number of carboxylic acids is 1. The summed E-state index contributed by atoms with van der Waals surface area (Å²) < 4.78 is 5.07. The lowest BCUT2D eigenvalue weighted by atomic mass is 10.1. The van der Waals surface area contributed by atoms with Crippen molar-refractivity contribution < 1.29 is 19.4 Å². The molecule has 0 saturated heterocycles. The molecule has 2 aromatic rings. The van der Waals surface area contributed by atoms with Crippen molar-refractivity contribution >= 4 is 35.2 Å². The summed E-state index contributed by atoms with van der Waals surface area (Å²) in [7, 11) is 0. The standard InChI is InChI=1S/C19H20ClNO4S/c20-16-5-1-15(2-6-16)12-26-13-18(22)21-10-9-14-3-7-17(8-4-14)25-11-19(23)24/h1-8H,9-13H2,(H,21,22)(H,23,24). The van der Waals surface area contributed by atoms with Crippen LogP contribution < -0.4 is 10.1 Å². The third-order valence-electron chi connectivity index (χ3n) is 3.44. The molecule has 0 aliphatic rings. The molecule has 138 valence electrons. The van der Waals surface area contributed by atoms with Crippen LogP contribution in [0.5, 0.6) is 5.75 Å². The molecule has 0 radical (unpaired) electrons. The molecule has 5 nitrogen and oxygen atoms in total. The Labute approximate surface area is 161 Å². The first-order valence-corrected chi connectivity index (χ1v) is 9.58. The number of benzene rings is 2. The van der Waals surface area contributed by atoms with Crippen LogP contribution >= 0.6 is 23.4 Å². The summed E-state index contributed by atoms with van der Waals surface area (Å²) >= 11 is 7.40. The quantitative estimate of drug-likeness (QED) is 0.647. The van der Waals surface area contributed by atoms with Gasteiger partial charge in [0.15, 0.2) is 6.61 Å². The number of thioether (sulfide) groups is 1. The van der Waals surface area contributed by atoms with Gasteiger partial charge in [0, 0.05) is 17.3 Å². The predicted molar refractivity (Wildman–Crippen MR) is 104 cm³/mol. The Kier molecular flexibility index (Phi) is 8.31. The van der Waals surface area contributed by atoms with E-state index in [0.29, 0.717) is 29.5 Å². The molecule has 0 aliphatic carbocycles. The minimum atomic E-state index is -1.01. The van der Waals surface area contributed by atoms with Crippen LogP contribution in [-0.2, 0) is 21.8 Å². The van der Waals surface area contributed by atoms with Crippen molar-refractivity contribution in [3.05, 3.63) is 64.7 Å². The van der Waals surface area contributed by atoms with Crippen LogP contribution in [0.3, 0.4) is 0 Å². The number of ether oxygens (including phenoxy) is 1. The maximum absolute atomic E-state index is 11.9. The third-order valence-corrected chi connectivity index (χ3v) is 4.69. The maximum Gasteiger partial charge on any atom is 0.341 e. The van der Waals surface area contributed by atoms with E-state index in [-0.39, 0.29) is 12.5 Å². The normalized spacial score (nSPS) is 10.3. The summed E-state index contributed by atoms with van der Waals surface area (Å²) in [6, 6.07) is 14.8. The molecule has 0 aliphatic heterocycles. The molecule has 2 rings (SSSR count). The topological polar surface area (TPSA) is 75.6 Å². The molecule has 0 unspecified atom stereocenters. The Morgan fingerprint density at radius 2 is 1.69 bits per heavy atom. The van der Waals surface area contributed by atoms with Gasteiger partial charge in [0.2, 0.25) is 5.91 Å². The molecular weight excluding hydrogens is 374 g/mol. The van der Waals surface area contributed by atoms with Gasteiger partial charge in [0.1, 0.15) is 5.75 Å². The highest BCUT2D eigenvalue weighted by Gasteiger charge is 2.03. The third kappa shape index (κ3) is 7.80. The van der Waals surface area contributed by atoms with Crippen LogP contribution in [0.25, 0.3) is 0 Å². The van der Waals surface area contributed by atoms with Gasteiger partial charge in [-0.15, -0.1) is 11.8 Å². The zero-order valence-corrected chi connectivity index (χ0v) is 15.7. The van der Waals surface area contributed by atoms with E-state index in [9.17, 15) is 9.59 Å². The molecule has 7 heteroatoms. The van der Waals surface area contributed by atoms with Gasteiger partial charge in [0.05, 0.1) is 5.75 Å². The number of carboxylic acid groups (broad SMARTS) is 1. The smallest absolute Gasteiger partial charge is 0.341 e. The molecule has 0 spiro atoms. The van der Waals surface area contributed by atoms with Gasteiger partial charge < -0.3 is 15.2 Å². The highest BCUT2D eigenvalue weighted by atomic mass is 35.5. The molecule has 0 fully saturated rings. The van der Waals surface area contributed by atoms with E-state index in [1.54, 1.807) is 23.9 Å². The highest BCUT2D eigenvalue weighted by molar-refractivity contribution is 7.99. The first-order valence-electron chi connectivity index (χ1n) is 8.05. The molecule has 0 heterocycles. The summed E-state index contributed by atoms with van der Waals surface area (Å²) in [5, 5.41) is 12.2. The predicted octanol–water partition coefficient (Wildman–Crippen LogP) is 3.40. The molecule has 0 bridgehead atoms. The lowest BCUT2D eigenvalue weighted by molar-refractivity contribution is -0.139. The fraction of sp³-hybridized carbons (Fsp3) is 0.263. The number of rotatable bonds is 10. The molecule has 1 amide bonds. The minimum Gasteiger partial charge on any atom is -0.482 e. The molecule has 0 atom stereocenters. The summed E-state index contributed by atoms with van der Waals surface area (Å²) in [4.78, 5) is 22.3. The molecule has 0 aromatic heterocycles. The van der Waals surface area contributed by atoms with Crippen LogP contribution in [0.4, 0.5) is 0 Å². The van der Waals surface area contributed by atoms with E-state index < -0.39 is 5.97 Å². The zero-order chi connectivity index (χ0) is 18.8. The lowest BCUT2D eigenvalue weighted by Gasteiger charge is -2.07. The highest BCUT2D eigenvalue weighted by Crippen LogP contribution is 2.15. The van der Waals surface area contributed by atoms with E-state index in [2.05, 4.69) is 5.32 Å². The number of nitrogens with one attached hydrogen (secondary N) is 1. The number of halogens is 1. The van der Waals surface area contributed by atoms with Crippen LogP contribution in [0.2, 0.25) is 5.02 Å². The lowest BCUT2D eigenvalue weighted by Crippen LogP contribution is -2.27.